The smallest absolute Gasteiger partial charge is 0.410 e. The van der Waals surface area contributed by atoms with Gasteiger partial charge in [0.05, 0.1) is 23.6 Å². The first-order valence-electron chi connectivity index (χ1n) is 16.5. The van der Waals surface area contributed by atoms with E-state index in [2.05, 4.69) is 10.6 Å². The van der Waals surface area contributed by atoms with Crippen molar-refractivity contribution in [2.45, 2.75) is 101 Å². The molecule has 2 N–H and O–H groups in total. The Morgan fingerprint density at radius 1 is 0.915 bits per heavy atom. The van der Waals surface area contributed by atoms with Gasteiger partial charge in [-0.05, 0) is 68.9 Å². The van der Waals surface area contributed by atoms with Crippen molar-refractivity contribution in [3.05, 3.63) is 45.8 Å². The molecule has 1 aromatic carbocycles. The Bertz CT molecular complexity index is 1560. The van der Waals surface area contributed by atoms with E-state index in [4.69, 9.17) is 4.74 Å². The number of ether oxygens (including phenoxy) is 1. The van der Waals surface area contributed by atoms with Crippen molar-refractivity contribution >= 4 is 50.3 Å². The molecule has 5 rings (SSSR count). The first-order valence-corrected chi connectivity index (χ1v) is 18.8. The van der Waals surface area contributed by atoms with E-state index >= 15 is 0 Å². The van der Waals surface area contributed by atoms with E-state index in [0.29, 0.717) is 23.4 Å². The zero-order valence-electron chi connectivity index (χ0n) is 27.4. The lowest BCUT2D eigenvalue weighted by Gasteiger charge is -2.40. The molecule has 0 bridgehead atoms. The monoisotopic (exact) mass is 687 g/mol. The number of anilines is 1. The van der Waals surface area contributed by atoms with Gasteiger partial charge in [0.15, 0.2) is 0 Å². The zero-order valence-corrected chi connectivity index (χ0v) is 29.0. The SMILES string of the molecule is CCOC(=O)N1CCc2c(sc(NC(=O)c3ccc(S(=O)(=O)N(C4CCCCC4)C4CCCCC4)cc3)c2C(=O)NC(=O)N(C)C)C1. The molecule has 3 aliphatic rings. The second-order valence-corrected chi connectivity index (χ2v) is 15.6. The average molecular weight is 688 g/mol. The van der Waals surface area contributed by atoms with E-state index < -0.39 is 34.0 Å². The van der Waals surface area contributed by atoms with Crippen LogP contribution in [0.25, 0.3) is 0 Å². The number of imide groups is 1. The molecule has 256 valence electrons. The van der Waals surface area contributed by atoms with Gasteiger partial charge in [-0.3, -0.25) is 14.9 Å². The van der Waals surface area contributed by atoms with Crippen molar-refractivity contribution in [3.63, 3.8) is 0 Å². The van der Waals surface area contributed by atoms with Gasteiger partial charge in [-0.15, -0.1) is 11.3 Å². The zero-order chi connectivity index (χ0) is 33.7. The molecule has 1 aliphatic heterocycles. The molecule has 5 amide bonds. The Labute approximate surface area is 280 Å². The molecule has 2 aliphatic carbocycles. The van der Waals surface area contributed by atoms with Crippen molar-refractivity contribution in [3.8, 4) is 0 Å². The van der Waals surface area contributed by atoms with Gasteiger partial charge in [0.2, 0.25) is 10.0 Å². The Balaban J connectivity index is 1.39. The minimum absolute atomic E-state index is 0.00613. The quantitative estimate of drug-likeness (QED) is 0.369. The number of nitrogens with zero attached hydrogens (tertiary/aromatic N) is 3. The maximum atomic E-state index is 14.1. The molecular weight excluding hydrogens is 643 g/mol. The number of carbonyl (C=O) groups is 4. The summed E-state index contributed by atoms with van der Waals surface area (Å²) in [4.78, 5) is 55.2. The number of amides is 5. The van der Waals surface area contributed by atoms with E-state index in [1.54, 1.807) is 11.2 Å². The van der Waals surface area contributed by atoms with Gasteiger partial charge in [-0.25, -0.2) is 18.0 Å². The van der Waals surface area contributed by atoms with Gasteiger partial charge >= 0.3 is 12.1 Å². The van der Waals surface area contributed by atoms with E-state index in [1.165, 1.54) is 48.2 Å². The van der Waals surface area contributed by atoms with Crippen molar-refractivity contribution in [2.24, 2.45) is 0 Å². The predicted octanol–water partition coefficient (Wildman–Crippen LogP) is 5.58. The van der Waals surface area contributed by atoms with Gasteiger partial charge in [-0.2, -0.15) is 4.31 Å². The Kier molecular flexibility index (Phi) is 11.2. The highest BCUT2D eigenvalue weighted by molar-refractivity contribution is 7.89. The number of urea groups is 1. The lowest BCUT2D eigenvalue weighted by atomic mass is 9.91. The third-order valence-corrected chi connectivity index (χ3v) is 12.4. The Morgan fingerprint density at radius 3 is 2.06 bits per heavy atom. The van der Waals surface area contributed by atoms with Crippen LogP contribution in [-0.4, -0.2) is 85.8 Å². The van der Waals surface area contributed by atoms with Crippen LogP contribution in [0.1, 0.15) is 102 Å². The van der Waals surface area contributed by atoms with Gasteiger partial charge in [0.1, 0.15) is 5.00 Å². The fourth-order valence-electron chi connectivity index (χ4n) is 6.81. The van der Waals surface area contributed by atoms with Gasteiger partial charge < -0.3 is 19.9 Å². The van der Waals surface area contributed by atoms with Crippen LogP contribution in [0.4, 0.5) is 14.6 Å². The van der Waals surface area contributed by atoms with Crippen LogP contribution in [0.3, 0.4) is 0 Å². The molecule has 0 saturated heterocycles. The number of carbonyl (C=O) groups excluding carboxylic acids is 4. The maximum Gasteiger partial charge on any atom is 0.410 e. The molecule has 1 aromatic heterocycles. The largest absolute Gasteiger partial charge is 0.450 e. The molecule has 14 heteroatoms. The number of fused-ring (bicyclic) bond motifs is 1. The lowest BCUT2D eigenvalue weighted by molar-refractivity contribution is 0.0955. The van der Waals surface area contributed by atoms with E-state index in [9.17, 15) is 27.6 Å². The normalized spacial score (nSPS) is 17.6. The van der Waals surface area contributed by atoms with Crippen LogP contribution in [0.5, 0.6) is 0 Å². The summed E-state index contributed by atoms with van der Waals surface area (Å²) in [6, 6.07) is 5.34. The number of hydrogen-bond donors (Lipinski definition) is 2. The highest BCUT2D eigenvalue weighted by Gasteiger charge is 2.38. The molecule has 2 fully saturated rings. The number of benzene rings is 1. The summed E-state index contributed by atoms with van der Waals surface area (Å²) in [6.45, 7) is 2.46. The first-order chi connectivity index (χ1) is 22.5. The maximum absolute atomic E-state index is 14.1. The minimum atomic E-state index is -3.78. The van der Waals surface area contributed by atoms with Gasteiger partial charge in [0, 0.05) is 43.2 Å². The fourth-order valence-corrected chi connectivity index (χ4v) is 10.00. The number of thiophene rings is 1. The van der Waals surface area contributed by atoms with Crippen molar-refractivity contribution in [1.82, 2.24) is 19.4 Å². The number of sulfonamides is 1. The molecule has 2 saturated carbocycles. The minimum Gasteiger partial charge on any atom is -0.450 e. The summed E-state index contributed by atoms with van der Waals surface area (Å²) < 4.78 is 35.1. The topological polar surface area (TPSA) is 145 Å². The summed E-state index contributed by atoms with van der Waals surface area (Å²) >= 11 is 1.16. The second-order valence-electron chi connectivity index (χ2n) is 12.6. The number of nitrogens with one attached hydrogen (secondary N) is 2. The first kappa shape index (κ1) is 34.8. The molecule has 2 aromatic rings. The van der Waals surface area contributed by atoms with Crippen LogP contribution in [0, 0.1) is 0 Å². The van der Waals surface area contributed by atoms with Crippen LogP contribution in [0.15, 0.2) is 29.2 Å². The summed E-state index contributed by atoms with van der Waals surface area (Å²) in [7, 11) is -0.759. The standard InChI is InChI=1S/C33H45N5O7S2/c1-4-45-33(42)37-20-19-26-27(21-37)46-31(28(26)30(40)35-32(41)36(2)3)34-29(39)22-15-17-25(18-16-22)47(43,44)38(23-11-7-5-8-12-23)24-13-9-6-10-14-24/h15-18,23-24H,4-14,19-21H2,1-3H3,(H,34,39)(H,35,40,41). The molecular formula is C33H45N5O7S2. The van der Waals surface area contributed by atoms with Crippen molar-refractivity contribution in [2.75, 3.05) is 32.6 Å². The molecule has 47 heavy (non-hydrogen) atoms. The summed E-state index contributed by atoms with van der Waals surface area (Å²) in [6.07, 6.45) is 9.72. The van der Waals surface area contributed by atoms with Gasteiger partial charge in [-0.1, -0.05) is 38.5 Å². The van der Waals surface area contributed by atoms with E-state index in [0.717, 1.165) is 75.5 Å². The van der Waals surface area contributed by atoms with E-state index in [1.807, 2.05) is 0 Å². The average Bonchev–Trinajstić information content (AvgIpc) is 3.43. The summed E-state index contributed by atoms with van der Waals surface area (Å²) in [5, 5.41) is 5.42. The second kappa shape index (κ2) is 15.2. The molecule has 2 heterocycles. The third kappa shape index (κ3) is 7.81. The van der Waals surface area contributed by atoms with Crippen LogP contribution in [-0.2, 0) is 27.7 Å². The number of rotatable bonds is 8. The fraction of sp³-hybridized carbons (Fsp3) is 0.576. The van der Waals surface area contributed by atoms with Crippen molar-refractivity contribution in [1.29, 1.82) is 0 Å². The highest BCUT2D eigenvalue weighted by atomic mass is 32.2. The van der Waals surface area contributed by atoms with Crippen LogP contribution >= 0.6 is 11.3 Å². The van der Waals surface area contributed by atoms with Gasteiger partial charge in [0.25, 0.3) is 11.8 Å². The summed E-state index contributed by atoms with van der Waals surface area (Å²) in [5.41, 5.74) is 1.05. The predicted molar refractivity (Wildman–Crippen MR) is 179 cm³/mol. The molecule has 12 nitrogen and oxygen atoms in total. The Hall–Kier alpha value is -3.49. The molecule has 0 atom stereocenters. The third-order valence-electron chi connectivity index (χ3n) is 9.22. The highest BCUT2D eigenvalue weighted by Crippen LogP contribution is 2.38. The Morgan fingerprint density at radius 2 is 1.51 bits per heavy atom. The number of hydrogen-bond acceptors (Lipinski definition) is 8. The molecule has 0 spiro atoms. The van der Waals surface area contributed by atoms with E-state index in [-0.39, 0.29) is 46.3 Å². The molecule has 0 radical (unpaired) electrons. The van der Waals surface area contributed by atoms with Crippen LogP contribution in [0.2, 0.25) is 0 Å². The van der Waals surface area contributed by atoms with Crippen LogP contribution < -0.4 is 10.6 Å². The summed E-state index contributed by atoms with van der Waals surface area (Å²) in [5.74, 6) is -1.19. The lowest BCUT2D eigenvalue weighted by Crippen LogP contribution is -2.48. The van der Waals surface area contributed by atoms with Crippen molar-refractivity contribution < 1.29 is 32.3 Å². The molecule has 0 unspecified atom stereocenters.